The van der Waals surface area contributed by atoms with Gasteiger partial charge in [0, 0.05) is 19.7 Å². The van der Waals surface area contributed by atoms with E-state index in [9.17, 15) is 18.8 Å². The molecule has 0 saturated carbocycles. The number of nitrogens with zero attached hydrogens (tertiary/aromatic N) is 1. The number of benzene rings is 1. The molecule has 2 amide bonds. The first-order valence-corrected chi connectivity index (χ1v) is 8.01. The van der Waals surface area contributed by atoms with Crippen molar-refractivity contribution >= 4 is 35.5 Å². The maximum absolute atomic E-state index is 13.0. The number of halogens is 2. The summed E-state index contributed by atoms with van der Waals surface area (Å²) in [6, 6.07) is 3.97. The first-order chi connectivity index (χ1) is 11.8. The lowest BCUT2D eigenvalue weighted by Gasteiger charge is -2.16. The fraction of sp³-hybridized carbons (Fsp3) is 0.353. The van der Waals surface area contributed by atoms with Crippen molar-refractivity contribution in [2.24, 2.45) is 0 Å². The van der Waals surface area contributed by atoms with Gasteiger partial charge in [-0.15, -0.1) is 0 Å². The molecule has 1 rings (SSSR count). The average Bonchev–Trinajstić information content (AvgIpc) is 2.58. The van der Waals surface area contributed by atoms with Gasteiger partial charge in [-0.05, 0) is 30.2 Å². The summed E-state index contributed by atoms with van der Waals surface area (Å²) < 4.78 is 17.8. The molecule has 1 N–H and O–H groups in total. The standard InChI is InChI=1S/C17H20ClFN2O4/c1-3-8-20-15(22)10-21(2)16(23)11-25-17(24)7-5-12-4-6-14(19)13(18)9-12/h4-7,9H,3,8,10-11H2,1-2H3,(H,20,22)/b7-5+. The maximum atomic E-state index is 13.0. The third-order valence-electron chi connectivity index (χ3n) is 3.07. The molecule has 1 aromatic rings. The van der Waals surface area contributed by atoms with Crippen LogP contribution in [0.1, 0.15) is 18.9 Å². The molecule has 0 atom stereocenters. The van der Waals surface area contributed by atoms with Gasteiger partial charge in [-0.25, -0.2) is 9.18 Å². The molecule has 0 aromatic heterocycles. The molecule has 0 fully saturated rings. The van der Waals surface area contributed by atoms with Gasteiger partial charge in [-0.3, -0.25) is 9.59 Å². The van der Waals surface area contributed by atoms with Crippen molar-refractivity contribution in [3.63, 3.8) is 0 Å². The number of amides is 2. The van der Waals surface area contributed by atoms with Gasteiger partial charge in [-0.2, -0.15) is 0 Å². The van der Waals surface area contributed by atoms with E-state index in [2.05, 4.69) is 5.32 Å². The van der Waals surface area contributed by atoms with E-state index in [0.29, 0.717) is 12.1 Å². The Morgan fingerprint density at radius 1 is 1.36 bits per heavy atom. The zero-order valence-electron chi connectivity index (χ0n) is 14.1. The number of carbonyl (C=O) groups is 3. The number of ether oxygens (including phenoxy) is 1. The molecule has 0 aliphatic rings. The number of nitrogens with one attached hydrogen (secondary N) is 1. The van der Waals surface area contributed by atoms with Crippen molar-refractivity contribution in [2.45, 2.75) is 13.3 Å². The first-order valence-electron chi connectivity index (χ1n) is 7.64. The smallest absolute Gasteiger partial charge is 0.331 e. The van der Waals surface area contributed by atoms with Crippen LogP contribution in [0.3, 0.4) is 0 Å². The Bertz CT molecular complexity index is 664. The summed E-state index contributed by atoms with van der Waals surface area (Å²) in [5, 5.41) is 2.58. The molecule has 0 spiro atoms. The molecule has 8 heteroatoms. The molecular formula is C17H20ClFN2O4. The third-order valence-corrected chi connectivity index (χ3v) is 3.36. The molecule has 1 aromatic carbocycles. The molecular weight excluding hydrogens is 351 g/mol. The summed E-state index contributed by atoms with van der Waals surface area (Å²) in [5.74, 6) is -2.08. The van der Waals surface area contributed by atoms with Gasteiger partial charge in [0.05, 0.1) is 11.6 Å². The highest BCUT2D eigenvalue weighted by Gasteiger charge is 2.14. The monoisotopic (exact) mass is 370 g/mol. The fourth-order valence-corrected chi connectivity index (χ4v) is 1.88. The van der Waals surface area contributed by atoms with E-state index in [0.717, 1.165) is 12.5 Å². The number of rotatable bonds is 8. The second-order valence-corrected chi connectivity index (χ2v) is 5.62. The Labute approximate surface area is 150 Å². The number of likely N-dealkylation sites (N-methyl/N-ethyl adjacent to an activating group) is 1. The minimum Gasteiger partial charge on any atom is -0.452 e. The van der Waals surface area contributed by atoms with Crippen LogP contribution in [-0.2, 0) is 19.1 Å². The van der Waals surface area contributed by atoms with E-state index >= 15 is 0 Å². The zero-order valence-corrected chi connectivity index (χ0v) is 14.8. The molecule has 0 heterocycles. The number of carbonyl (C=O) groups excluding carboxylic acids is 3. The van der Waals surface area contributed by atoms with Crippen LogP contribution in [0.4, 0.5) is 4.39 Å². The number of hydrogen-bond acceptors (Lipinski definition) is 4. The van der Waals surface area contributed by atoms with Crippen LogP contribution < -0.4 is 5.32 Å². The maximum Gasteiger partial charge on any atom is 0.331 e. The van der Waals surface area contributed by atoms with Crippen molar-refractivity contribution in [3.05, 3.63) is 40.7 Å². The Kier molecular flexibility index (Phi) is 8.63. The van der Waals surface area contributed by atoms with Crippen molar-refractivity contribution in [1.82, 2.24) is 10.2 Å². The Balaban J connectivity index is 2.41. The second kappa shape index (κ2) is 10.5. The van der Waals surface area contributed by atoms with Gasteiger partial charge in [-0.1, -0.05) is 24.6 Å². The van der Waals surface area contributed by atoms with Crippen LogP contribution in [0.2, 0.25) is 5.02 Å². The van der Waals surface area contributed by atoms with Crippen LogP contribution in [0, 0.1) is 5.82 Å². The van der Waals surface area contributed by atoms with Crippen LogP contribution in [0.5, 0.6) is 0 Å². The molecule has 6 nitrogen and oxygen atoms in total. The second-order valence-electron chi connectivity index (χ2n) is 5.21. The topological polar surface area (TPSA) is 75.7 Å². The molecule has 0 bridgehead atoms. The Hall–Kier alpha value is -2.41. The van der Waals surface area contributed by atoms with Gasteiger partial charge in [0.1, 0.15) is 5.82 Å². The first kappa shape index (κ1) is 20.6. The predicted octanol–water partition coefficient (Wildman–Crippen LogP) is 2.02. The van der Waals surface area contributed by atoms with Crippen LogP contribution in [-0.4, -0.2) is 49.4 Å². The SMILES string of the molecule is CCCNC(=O)CN(C)C(=O)COC(=O)/C=C/c1ccc(F)c(Cl)c1. The van der Waals surface area contributed by atoms with Gasteiger partial charge >= 0.3 is 5.97 Å². The van der Waals surface area contributed by atoms with Crippen molar-refractivity contribution in [3.8, 4) is 0 Å². The highest BCUT2D eigenvalue weighted by molar-refractivity contribution is 6.30. The van der Waals surface area contributed by atoms with Crippen molar-refractivity contribution in [2.75, 3.05) is 26.7 Å². The van der Waals surface area contributed by atoms with Gasteiger partial charge in [0.25, 0.3) is 5.91 Å². The van der Waals surface area contributed by atoms with E-state index in [1.807, 2.05) is 6.92 Å². The molecule has 136 valence electrons. The van der Waals surface area contributed by atoms with Crippen LogP contribution in [0.15, 0.2) is 24.3 Å². The Morgan fingerprint density at radius 3 is 2.72 bits per heavy atom. The molecule has 0 radical (unpaired) electrons. The molecule has 0 saturated heterocycles. The lowest BCUT2D eigenvalue weighted by Crippen LogP contribution is -2.40. The van der Waals surface area contributed by atoms with E-state index in [1.54, 1.807) is 0 Å². The summed E-state index contributed by atoms with van der Waals surface area (Å²) in [6.45, 7) is 1.86. The highest BCUT2D eigenvalue weighted by Crippen LogP contribution is 2.16. The van der Waals surface area contributed by atoms with Gasteiger partial charge < -0.3 is 15.0 Å². The quantitative estimate of drug-likeness (QED) is 0.561. The van der Waals surface area contributed by atoms with Crippen molar-refractivity contribution < 1.29 is 23.5 Å². The number of esters is 1. The fourth-order valence-electron chi connectivity index (χ4n) is 1.70. The normalized spacial score (nSPS) is 10.6. The molecule has 0 unspecified atom stereocenters. The minimum atomic E-state index is -0.738. The van der Waals surface area contributed by atoms with Crippen LogP contribution >= 0.6 is 11.6 Å². The predicted molar refractivity (Wildman–Crippen MR) is 92.3 cm³/mol. The minimum absolute atomic E-state index is 0.0614. The summed E-state index contributed by atoms with van der Waals surface area (Å²) in [7, 11) is 1.44. The average molecular weight is 371 g/mol. The summed E-state index contributed by atoms with van der Waals surface area (Å²) in [4.78, 5) is 36.1. The summed E-state index contributed by atoms with van der Waals surface area (Å²) in [6.07, 6.45) is 3.29. The van der Waals surface area contributed by atoms with E-state index in [4.69, 9.17) is 16.3 Å². The molecule has 0 aliphatic heterocycles. The van der Waals surface area contributed by atoms with E-state index in [1.165, 1.54) is 36.2 Å². The van der Waals surface area contributed by atoms with Crippen LogP contribution in [0.25, 0.3) is 6.08 Å². The summed E-state index contributed by atoms with van der Waals surface area (Å²) in [5.41, 5.74) is 0.513. The Morgan fingerprint density at radius 2 is 2.08 bits per heavy atom. The van der Waals surface area contributed by atoms with E-state index < -0.39 is 24.3 Å². The lowest BCUT2D eigenvalue weighted by atomic mass is 10.2. The third kappa shape index (κ3) is 7.80. The highest BCUT2D eigenvalue weighted by atomic mass is 35.5. The summed E-state index contributed by atoms with van der Waals surface area (Å²) >= 11 is 5.63. The lowest BCUT2D eigenvalue weighted by molar-refractivity contribution is -0.148. The molecule has 25 heavy (non-hydrogen) atoms. The van der Waals surface area contributed by atoms with E-state index in [-0.39, 0.29) is 17.5 Å². The van der Waals surface area contributed by atoms with Gasteiger partial charge in [0.2, 0.25) is 5.91 Å². The number of hydrogen-bond donors (Lipinski definition) is 1. The largest absolute Gasteiger partial charge is 0.452 e. The van der Waals surface area contributed by atoms with Gasteiger partial charge in [0.15, 0.2) is 6.61 Å². The van der Waals surface area contributed by atoms with Crippen molar-refractivity contribution in [1.29, 1.82) is 0 Å². The zero-order chi connectivity index (χ0) is 18.8. The molecule has 0 aliphatic carbocycles.